The summed E-state index contributed by atoms with van der Waals surface area (Å²) in [5.41, 5.74) is 10.5. The Balaban J connectivity index is 1.48. The first-order chi connectivity index (χ1) is 21.5. The average molecular weight is 639 g/mol. The van der Waals surface area contributed by atoms with Crippen molar-refractivity contribution in [3.63, 3.8) is 0 Å². The summed E-state index contributed by atoms with van der Waals surface area (Å²) in [4.78, 5) is 39.8. The van der Waals surface area contributed by atoms with Crippen molar-refractivity contribution in [3.8, 4) is 0 Å². The molecule has 1 saturated heterocycles. The van der Waals surface area contributed by atoms with Crippen LogP contribution < -0.4 is 16.0 Å². The Hall–Kier alpha value is -4.49. The fraction of sp³-hybridized carbons (Fsp3) is 0.281. The van der Waals surface area contributed by atoms with Crippen LogP contribution in [0.25, 0.3) is 0 Å². The zero-order valence-corrected chi connectivity index (χ0v) is 25.8. The third-order valence-corrected chi connectivity index (χ3v) is 7.54. The summed E-state index contributed by atoms with van der Waals surface area (Å²) in [7, 11) is 0. The van der Waals surface area contributed by atoms with E-state index in [0.717, 1.165) is 22.9 Å². The van der Waals surface area contributed by atoms with Crippen molar-refractivity contribution < 1.29 is 27.5 Å². The molecule has 0 bridgehead atoms. The topological polar surface area (TPSA) is 122 Å². The number of urea groups is 1. The number of amidine groups is 2. The highest BCUT2D eigenvalue weighted by Crippen LogP contribution is 2.31. The monoisotopic (exact) mass is 638 g/mol. The second-order valence-corrected chi connectivity index (χ2v) is 11.1. The fourth-order valence-electron chi connectivity index (χ4n) is 4.35. The van der Waals surface area contributed by atoms with Gasteiger partial charge >= 0.3 is 6.03 Å². The predicted octanol–water partition coefficient (Wildman–Crippen LogP) is 7.10. The number of carbonyl (C=O) groups excluding carboxylic acids is 2. The number of thioether (sulfide) groups is 1. The van der Waals surface area contributed by atoms with E-state index in [2.05, 4.69) is 20.3 Å². The van der Waals surface area contributed by atoms with Crippen molar-refractivity contribution in [3.05, 3.63) is 88.5 Å². The lowest BCUT2D eigenvalue weighted by Gasteiger charge is -2.21. The second-order valence-electron chi connectivity index (χ2n) is 10.1. The Morgan fingerprint density at radius 2 is 1.87 bits per heavy atom. The van der Waals surface area contributed by atoms with Crippen LogP contribution >= 0.6 is 11.8 Å². The number of anilines is 2. The van der Waals surface area contributed by atoms with Crippen LogP contribution in [-0.2, 0) is 22.6 Å². The molecule has 3 amide bonds. The highest BCUT2D eigenvalue weighted by Gasteiger charge is 2.32. The third-order valence-electron chi connectivity index (χ3n) is 6.62. The highest BCUT2D eigenvalue weighted by molar-refractivity contribution is 8.15. The zero-order valence-electron chi connectivity index (χ0n) is 25.0. The Labute approximate surface area is 263 Å². The number of hydrogen-bond acceptors (Lipinski definition) is 5. The van der Waals surface area contributed by atoms with Crippen LogP contribution in [-0.4, -0.2) is 47.8 Å². The molecule has 1 heterocycles. The number of amides is 3. The van der Waals surface area contributed by atoms with Crippen LogP contribution in [0.5, 0.6) is 0 Å². The molecule has 0 aromatic heterocycles. The van der Waals surface area contributed by atoms with Crippen LogP contribution in [0.3, 0.4) is 0 Å². The molecule has 1 fully saturated rings. The van der Waals surface area contributed by atoms with Gasteiger partial charge in [0, 0.05) is 22.4 Å². The zero-order chi connectivity index (χ0) is 32.5. The number of nitrogens with two attached hydrogens (primary N) is 1. The molecule has 4 rings (SSSR count). The summed E-state index contributed by atoms with van der Waals surface area (Å²) in [6, 6.07) is 15.5. The van der Waals surface area contributed by atoms with Crippen molar-refractivity contribution in [2.45, 2.75) is 46.4 Å². The Morgan fingerprint density at radius 3 is 2.56 bits per heavy atom. The SMILES string of the molecule is CCc1cc(C(N)=NC=Nc2ccc(C(F)F)cc2)ccc1NC(=O)/N=C1\SCC(=O)N1c1cc(C)ccc1COC[C@H](C)F. The number of hydrogen-bond donors (Lipinski definition) is 2. The van der Waals surface area contributed by atoms with Gasteiger partial charge in [-0.2, -0.15) is 4.99 Å². The summed E-state index contributed by atoms with van der Waals surface area (Å²) in [6.07, 6.45) is -1.89. The van der Waals surface area contributed by atoms with E-state index in [1.165, 1.54) is 42.4 Å². The van der Waals surface area contributed by atoms with Crippen molar-refractivity contribution in [1.82, 2.24) is 0 Å². The van der Waals surface area contributed by atoms with Gasteiger partial charge in [-0.05, 0) is 67.8 Å². The van der Waals surface area contributed by atoms with Crippen molar-refractivity contribution >= 4 is 58.1 Å². The number of carbonyl (C=O) groups is 2. The summed E-state index contributed by atoms with van der Waals surface area (Å²) in [5, 5.41) is 3.01. The number of halogens is 3. The third kappa shape index (κ3) is 9.02. The molecule has 1 aliphatic heterocycles. The number of rotatable bonds is 11. The summed E-state index contributed by atoms with van der Waals surface area (Å²) in [6.45, 7) is 5.21. The molecular formula is C32H33F3N6O3S. The molecule has 1 aliphatic rings. The van der Waals surface area contributed by atoms with Crippen LogP contribution in [0.2, 0.25) is 0 Å². The second kappa shape index (κ2) is 15.5. The fourth-order valence-corrected chi connectivity index (χ4v) is 5.21. The van der Waals surface area contributed by atoms with E-state index in [0.29, 0.717) is 34.6 Å². The molecule has 45 heavy (non-hydrogen) atoms. The van der Waals surface area contributed by atoms with Crippen LogP contribution in [0.4, 0.5) is 35.0 Å². The quantitative estimate of drug-likeness (QED) is 0.171. The van der Waals surface area contributed by atoms with E-state index < -0.39 is 18.6 Å². The van der Waals surface area contributed by atoms with Gasteiger partial charge in [0.05, 0.1) is 30.3 Å². The normalized spacial score (nSPS) is 15.4. The average Bonchev–Trinajstić information content (AvgIpc) is 3.36. The first-order valence-corrected chi connectivity index (χ1v) is 15.1. The van der Waals surface area contributed by atoms with E-state index >= 15 is 0 Å². The first kappa shape index (κ1) is 33.4. The van der Waals surface area contributed by atoms with E-state index in [9.17, 15) is 22.8 Å². The molecule has 236 valence electrons. The number of nitrogens with one attached hydrogen (secondary N) is 1. The largest absolute Gasteiger partial charge is 0.383 e. The highest BCUT2D eigenvalue weighted by atomic mass is 32.2. The van der Waals surface area contributed by atoms with Gasteiger partial charge in [0.15, 0.2) is 5.17 Å². The number of aliphatic imine (C=N–C) groups is 3. The van der Waals surface area contributed by atoms with Crippen molar-refractivity contribution in [1.29, 1.82) is 0 Å². The van der Waals surface area contributed by atoms with Gasteiger partial charge in [-0.3, -0.25) is 9.69 Å². The summed E-state index contributed by atoms with van der Waals surface area (Å²) in [5.74, 6) is 0.0465. The molecule has 0 unspecified atom stereocenters. The molecule has 9 nitrogen and oxygen atoms in total. The van der Waals surface area contributed by atoms with Crippen molar-refractivity contribution in [2.75, 3.05) is 22.6 Å². The maximum absolute atomic E-state index is 13.3. The molecule has 3 aromatic rings. The number of benzene rings is 3. The maximum atomic E-state index is 13.3. The lowest BCUT2D eigenvalue weighted by atomic mass is 10.1. The Morgan fingerprint density at radius 1 is 1.11 bits per heavy atom. The summed E-state index contributed by atoms with van der Waals surface area (Å²) >= 11 is 1.15. The minimum Gasteiger partial charge on any atom is -0.383 e. The van der Waals surface area contributed by atoms with Gasteiger partial charge in [0.2, 0.25) is 5.91 Å². The van der Waals surface area contributed by atoms with E-state index in [1.807, 2.05) is 32.0 Å². The molecule has 0 spiro atoms. The van der Waals surface area contributed by atoms with Gasteiger partial charge in [-0.15, -0.1) is 0 Å². The summed E-state index contributed by atoms with van der Waals surface area (Å²) < 4.78 is 44.2. The standard InChI is InChI=1S/C32H33F3N6O3S/c1-4-21-14-23(30(36)38-18-37-25-10-7-22(8-11-25)29(34)35)9-12-26(21)39-31(43)40-32-41(28(42)17-45-32)27-13-19(2)5-6-24(27)16-44-15-20(3)33/h5-14,18,20,29H,4,15-17H2,1-3H3,(H,39,43)(H2,36,37,38)/b40-32-/t20-/m0/s1. The number of aryl methyl sites for hydroxylation is 2. The van der Waals surface area contributed by atoms with Gasteiger partial charge in [0.1, 0.15) is 18.3 Å². The number of alkyl halides is 3. The maximum Gasteiger partial charge on any atom is 0.347 e. The molecule has 0 saturated carbocycles. The van der Waals surface area contributed by atoms with Gasteiger partial charge in [0.25, 0.3) is 6.43 Å². The smallest absolute Gasteiger partial charge is 0.347 e. The predicted molar refractivity (Wildman–Crippen MR) is 174 cm³/mol. The molecule has 13 heteroatoms. The minimum atomic E-state index is -2.55. The van der Waals surface area contributed by atoms with Gasteiger partial charge < -0.3 is 15.8 Å². The van der Waals surface area contributed by atoms with Crippen LogP contribution in [0.15, 0.2) is 75.6 Å². The van der Waals surface area contributed by atoms with E-state index in [-0.39, 0.29) is 41.4 Å². The first-order valence-electron chi connectivity index (χ1n) is 14.1. The van der Waals surface area contributed by atoms with Crippen LogP contribution in [0, 0.1) is 6.92 Å². The van der Waals surface area contributed by atoms with Gasteiger partial charge in [-0.25, -0.2) is 28.0 Å². The molecule has 0 radical (unpaired) electrons. The Bertz CT molecular complexity index is 1630. The van der Waals surface area contributed by atoms with E-state index in [1.54, 1.807) is 18.2 Å². The molecule has 3 N–H and O–H groups in total. The van der Waals surface area contributed by atoms with Crippen molar-refractivity contribution in [2.24, 2.45) is 20.7 Å². The molecule has 1 atom stereocenters. The van der Waals surface area contributed by atoms with Crippen LogP contribution in [0.1, 0.15) is 48.1 Å². The Kier molecular flexibility index (Phi) is 11.5. The van der Waals surface area contributed by atoms with E-state index in [4.69, 9.17) is 10.5 Å². The molecule has 3 aromatic carbocycles. The molecule has 0 aliphatic carbocycles. The lowest BCUT2D eigenvalue weighted by molar-refractivity contribution is -0.115. The van der Waals surface area contributed by atoms with Gasteiger partial charge in [-0.1, -0.05) is 43.0 Å². The molecular weight excluding hydrogens is 605 g/mol. The number of ether oxygens (including phenoxy) is 1. The lowest BCUT2D eigenvalue weighted by Crippen LogP contribution is -2.31. The minimum absolute atomic E-state index is 0.0804. The number of nitrogens with zero attached hydrogens (tertiary/aromatic N) is 4.